The second-order valence-corrected chi connectivity index (χ2v) is 7.78. The number of nitrogens with one attached hydrogen (secondary N) is 1. The number of amides is 1. The van der Waals surface area contributed by atoms with Crippen molar-refractivity contribution in [1.82, 2.24) is 24.2 Å². The number of carbonyl (C=O) groups is 1. The van der Waals surface area contributed by atoms with Crippen LogP contribution < -0.4 is 11.0 Å². The van der Waals surface area contributed by atoms with E-state index in [2.05, 4.69) is 10.4 Å². The van der Waals surface area contributed by atoms with E-state index >= 15 is 0 Å². The average Bonchev–Trinajstić information content (AvgIpc) is 3.29. The van der Waals surface area contributed by atoms with Crippen molar-refractivity contribution in [1.29, 1.82) is 0 Å². The maximum absolute atomic E-state index is 13.2. The first kappa shape index (κ1) is 21.5. The van der Waals surface area contributed by atoms with E-state index in [1.54, 1.807) is 32.1 Å². The predicted molar refractivity (Wildman–Crippen MR) is 121 cm³/mol. The van der Waals surface area contributed by atoms with Crippen LogP contribution in [0.5, 0.6) is 0 Å². The smallest absolute Gasteiger partial charge is 0.329 e. The van der Waals surface area contributed by atoms with Gasteiger partial charge in [-0.05, 0) is 57.2 Å². The van der Waals surface area contributed by atoms with Gasteiger partial charge in [-0.1, -0.05) is 12.1 Å². The fourth-order valence-corrected chi connectivity index (χ4v) is 4.09. The molecule has 8 heteroatoms. The topological polar surface area (TPSA) is 73.8 Å². The van der Waals surface area contributed by atoms with Crippen LogP contribution in [0.15, 0.2) is 59.5 Å². The average molecular weight is 436 g/mol. The van der Waals surface area contributed by atoms with Crippen molar-refractivity contribution in [3.05, 3.63) is 82.3 Å². The van der Waals surface area contributed by atoms with Crippen LogP contribution in [0.4, 0.5) is 4.39 Å². The van der Waals surface area contributed by atoms with E-state index in [1.807, 2.05) is 45.0 Å². The largest absolute Gasteiger partial charge is 0.349 e. The SMILES string of the molecule is CCn1c(=O)n(CCC(=O)NC(C)c2cnn(-c3ccc(F)cc3)c2C)c2ccccc21. The molecule has 2 aromatic heterocycles. The number of aromatic nitrogens is 4. The molecular formula is C24H26FN5O2. The third-order valence-corrected chi connectivity index (χ3v) is 5.77. The Bertz CT molecular complexity index is 1320. The number of nitrogens with zero attached hydrogens (tertiary/aromatic N) is 4. The maximum atomic E-state index is 13.2. The Labute approximate surface area is 185 Å². The Kier molecular flexibility index (Phi) is 5.94. The summed E-state index contributed by atoms with van der Waals surface area (Å²) in [6.07, 6.45) is 1.90. The molecule has 7 nitrogen and oxygen atoms in total. The zero-order chi connectivity index (χ0) is 22.8. The number of imidazole rings is 1. The number of carbonyl (C=O) groups excluding carboxylic acids is 1. The molecule has 0 spiro atoms. The van der Waals surface area contributed by atoms with E-state index in [-0.39, 0.29) is 29.9 Å². The quantitative estimate of drug-likeness (QED) is 0.481. The molecule has 166 valence electrons. The number of aryl methyl sites for hydroxylation is 2. The van der Waals surface area contributed by atoms with E-state index in [0.29, 0.717) is 13.1 Å². The van der Waals surface area contributed by atoms with Crippen molar-refractivity contribution >= 4 is 16.9 Å². The van der Waals surface area contributed by atoms with Gasteiger partial charge in [0.25, 0.3) is 0 Å². The molecule has 0 aliphatic rings. The van der Waals surface area contributed by atoms with E-state index in [9.17, 15) is 14.0 Å². The number of para-hydroxylation sites is 2. The summed E-state index contributed by atoms with van der Waals surface area (Å²) in [5.74, 6) is -0.452. The minimum Gasteiger partial charge on any atom is -0.349 e. The number of fused-ring (bicyclic) bond motifs is 1. The van der Waals surface area contributed by atoms with Crippen molar-refractivity contribution in [3.8, 4) is 5.69 Å². The van der Waals surface area contributed by atoms with Gasteiger partial charge in [0.05, 0.1) is 29.0 Å². The molecule has 0 aliphatic heterocycles. The molecule has 4 aromatic rings. The van der Waals surface area contributed by atoms with Crippen molar-refractivity contribution in [2.75, 3.05) is 0 Å². The first-order valence-corrected chi connectivity index (χ1v) is 10.7. The minimum absolute atomic E-state index is 0.106. The molecule has 4 rings (SSSR count). The molecular weight excluding hydrogens is 409 g/mol. The molecule has 0 saturated heterocycles. The van der Waals surface area contributed by atoms with Crippen molar-refractivity contribution in [2.45, 2.75) is 46.3 Å². The van der Waals surface area contributed by atoms with Crippen molar-refractivity contribution < 1.29 is 9.18 Å². The Balaban J connectivity index is 1.46. The lowest BCUT2D eigenvalue weighted by Gasteiger charge is -2.14. The fourth-order valence-electron chi connectivity index (χ4n) is 4.09. The van der Waals surface area contributed by atoms with Crippen LogP contribution in [-0.4, -0.2) is 24.8 Å². The van der Waals surface area contributed by atoms with Gasteiger partial charge in [0.2, 0.25) is 5.91 Å². The molecule has 1 N–H and O–H groups in total. The number of halogens is 1. The van der Waals surface area contributed by atoms with Crippen LogP contribution in [0.25, 0.3) is 16.7 Å². The van der Waals surface area contributed by atoms with Crippen LogP contribution in [0.1, 0.15) is 37.6 Å². The van der Waals surface area contributed by atoms with E-state index in [1.165, 1.54) is 12.1 Å². The molecule has 1 atom stereocenters. The van der Waals surface area contributed by atoms with Gasteiger partial charge < -0.3 is 5.32 Å². The fraction of sp³-hybridized carbons (Fsp3) is 0.292. The van der Waals surface area contributed by atoms with Gasteiger partial charge in [0, 0.05) is 30.8 Å². The van der Waals surface area contributed by atoms with Crippen LogP contribution in [0.3, 0.4) is 0 Å². The summed E-state index contributed by atoms with van der Waals surface area (Å²) in [4.78, 5) is 25.4. The molecule has 2 heterocycles. The molecule has 0 aliphatic carbocycles. The number of hydrogen-bond donors (Lipinski definition) is 1. The summed E-state index contributed by atoms with van der Waals surface area (Å²) in [6, 6.07) is 13.4. The van der Waals surface area contributed by atoms with E-state index in [4.69, 9.17) is 0 Å². The lowest BCUT2D eigenvalue weighted by molar-refractivity contribution is -0.121. The van der Waals surface area contributed by atoms with Crippen LogP contribution in [-0.2, 0) is 17.9 Å². The zero-order valence-corrected chi connectivity index (χ0v) is 18.4. The third kappa shape index (κ3) is 3.95. The molecule has 1 amide bonds. The summed E-state index contributed by atoms with van der Waals surface area (Å²) in [7, 11) is 0. The summed E-state index contributed by atoms with van der Waals surface area (Å²) in [5, 5.41) is 7.39. The number of rotatable bonds is 7. The molecule has 2 aromatic carbocycles. The van der Waals surface area contributed by atoms with Crippen molar-refractivity contribution in [2.24, 2.45) is 0 Å². The first-order valence-electron chi connectivity index (χ1n) is 10.7. The molecule has 0 fully saturated rings. The third-order valence-electron chi connectivity index (χ3n) is 5.77. The van der Waals surface area contributed by atoms with Crippen LogP contribution in [0.2, 0.25) is 0 Å². The minimum atomic E-state index is -0.305. The highest BCUT2D eigenvalue weighted by Crippen LogP contribution is 2.20. The Morgan fingerprint density at radius 1 is 1.09 bits per heavy atom. The van der Waals surface area contributed by atoms with Gasteiger partial charge in [-0.3, -0.25) is 13.9 Å². The standard InChI is InChI=1S/C24H26FN5O2/c1-4-28-21-7-5-6-8-22(21)29(24(28)32)14-13-23(31)27-16(2)20-15-26-30(17(20)3)19-11-9-18(25)10-12-19/h5-12,15-16H,4,13-14H2,1-3H3,(H,27,31). The second kappa shape index (κ2) is 8.82. The van der Waals surface area contributed by atoms with Crippen molar-refractivity contribution in [3.63, 3.8) is 0 Å². The van der Waals surface area contributed by atoms with Gasteiger partial charge >= 0.3 is 5.69 Å². The molecule has 32 heavy (non-hydrogen) atoms. The highest BCUT2D eigenvalue weighted by molar-refractivity contribution is 5.78. The van der Waals surface area contributed by atoms with Gasteiger partial charge in [-0.2, -0.15) is 5.10 Å². The summed E-state index contributed by atoms with van der Waals surface area (Å²) >= 11 is 0. The lowest BCUT2D eigenvalue weighted by atomic mass is 10.1. The zero-order valence-electron chi connectivity index (χ0n) is 18.4. The second-order valence-electron chi connectivity index (χ2n) is 7.78. The Hall–Kier alpha value is -3.68. The lowest BCUT2D eigenvalue weighted by Crippen LogP contribution is -2.30. The molecule has 0 bridgehead atoms. The van der Waals surface area contributed by atoms with Crippen LogP contribution in [0, 0.1) is 12.7 Å². The van der Waals surface area contributed by atoms with Gasteiger partial charge in [-0.25, -0.2) is 13.9 Å². The maximum Gasteiger partial charge on any atom is 0.329 e. The highest BCUT2D eigenvalue weighted by Gasteiger charge is 2.18. The summed E-state index contributed by atoms with van der Waals surface area (Å²) in [6.45, 7) is 6.62. The van der Waals surface area contributed by atoms with Crippen LogP contribution >= 0.6 is 0 Å². The van der Waals surface area contributed by atoms with E-state index in [0.717, 1.165) is 28.0 Å². The first-order chi connectivity index (χ1) is 15.4. The predicted octanol–water partition coefficient (Wildman–Crippen LogP) is 3.72. The Morgan fingerprint density at radius 2 is 1.75 bits per heavy atom. The monoisotopic (exact) mass is 435 g/mol. The van der Waals surface area contributed by atoms with Gasteiger partial charge in [0.15, 0.2) is 0 Å². The summed E-state index contributed by atoms with van der Waals surface area (Å²) in [5.41, 5.74) is 4.09. The number of benzene rings is 2. The molecule has 1 unspecified atom stereocenters. The Morgan fingerprint density at radius 3 is 2.41 bits per heavy atom. The van der Waals surface area contributed by atoms with E-state index < -0.39 is 0 Å². The summed E-state index contributed by atoms with van der Waals surface area (Å²) < 4.78 is 18.3. The number of hydrogen-bond acceptors (Lipinski definition) is 3. The normalized spacial score (nSPS) is 12.2. The van der Waals surface area contributed by atoms with Gasteiger partial charge in [-0.15, -0.1) is 0 Å². The van der Waals surface area contributed by atoms with Gasteiger partial charge in [0.1, 0.15) is 5.82 Å². The molecule has 0 saturated carbocycles. The molecule has 0 radical (unpaired) electrons. The highest BCUT2D eigenvalue weighted by atomic mass is 19.1.